The van der Waals surface area contributed by atoms with Gasteiger partial charge in [0.2, 0.25) is 0 Å². The summed E-state index contributed by atoms with van der Waals surface area (Å²) in [4.78, 5) is 11.5. The summed E-state index contributed by atoms with van der Waals surface area (Å²) < 4.78 is 42.9. The highest BCUT2D eigenvalue weighted by Crippen LogP contribution is 2.35. The third-order valence-electron chi connectivity index (χ3n) is 2.19. The van der Waals surface area contributed by atoms with Gasteiger partial charge >= 0.3 is 6.18 Å². The van der Waals surface area contributed by atoms with Crippen LogP contribution in [0.2, 0.25) is 0 Å². The summed E-state index contributed by atoms with van der Waals surface area (Å²) in [6.07, 6.45) is -4.70. The molecule has 7 heteroatoms. The van der Waals surface area contributed by atoms with Crippen LogP contribution in [0.5, 0.6) is 5.75 Å². The molecule has 0 spiro atoms. The van der Waals surface area contributed by atoms with Crippen molar-refractivity contribution in [3.05, 3.63) is 28.8 Å². The molecule has 0 amide bonds. The Morgan fingerprint density at radius 2 is 2.11 bits per heavy atom. The van der Waals surface area contributed by atoms with E-state index >= 15 is 0 Å². The molecule has 0 aliphatic heterocycles. The maximum Gasteiger partial charge on any atom is 0.417 e. The van der Waals surface area contributed by atoms with Crippen molar-refractivity contribution in [2.45, 2.75) is 6.18 Å². The molecule has 0 aliphatic carbocycles. The fourth-order valence-electron chi connectivity index (χ4n) is 1.37. The highest BCUT2D eigenvalue weighted by Gasteiger charge is 2.35. The number of ketones is 1. The van der Waals surface area contributed by atoms with Gasteiger partial charge in [-0.1, -0.05) is 15.9 Å². The zero-order valence-corrected chi connectivity index (χ0v) is 10.7. The molecule has 0 saturated carbocycles. The van der Waals surface area contributed by atoms with Gasteiger partial charge in [0, 0.05) is 0 Å². The molecule has 0 saturated heterocycles. The molecule has 96 valence electrons. The quantitative estimate of drug-likeness (QED) is 0.634. The summed E-state index contributed by atoms with van der Waals surface area (Å²) in [5, 5.41) is 8.56. The van der Waals surface area contributed by atoms with E-state index < -0.39 is 23.1 Å². The number of ether oxygens (including phenoxy) is 1. The number of benzene rings is 1. The maximum atomic E-state index is 12.7. The van der Waals surface area contributed by atoms with Gasteiger partial charge in [-0.15, -0.1) is 0 Å². The summed E-state index contributed by atoms with van der Waals surface area (Å²) in [6, 6.07) is 2.99. The Balaban J connectivity index is 3.55. The van der Waals surface area contributed by atoms with E-state index in [1.54, 1.807) is 0 Å². The first-order chi connectivity index (χ1) is 8.35. The Labute approximate surface area is 109 Å². The molecule has 0 bridgehead atoms. The third kappa shape index (κ3) is 2.82. The van der Waals surface area contributed by atoms with Crippen LogP contribution in [0.3, 0.4) is 0 Å². The van der Waals surface area contributed by atoms with E-state index in [0.29, 0.717) is 6.07 Å². The molecule has 1 rings (SSSR count). The molecule has 1 aromatic carbocycles. The van der Waals surface area contributed by atoms with Crippen LogP contribution in [0.15, 0.2) is 12.1 Å². The van der Waals surface area contributed by atoms with Crippen molar-refractivity contribution in [1.82, 2.24) is 0 Å². The van der Waals surface area contributed by atoms with Crippen LogP contribution < -0.4 is 4.74 Å². The predicted molar refractivity (Wildman–Crippen MR) is 60.8 cm³/mol. The maximum absolute atomic E-state index is 12.7. The molecular weight excluding hydrogens is 315 g/mol. The molecule has 0 N–H and O–H groups in total. The third-order valence-corrected chi connectivity index (χ3v) is 2.70. The normalized spacial score (nSPS) is 10.9. The predicted octanol–water partition coefficient (Wildman–Crippen LogP) is 3.16. The van der Waals surface area contributed by atoms with Gasteiger partial charge in [0.1, 0.15) is 5.75 Å². The van der Waals surface area contributed by atoms with Crippen molar-refractivity contribution in [2.24, 2.45) is 0 Å². The zero-order chi connectivity index (χ0) is 13.9. The van der Waals surface area contributed by atoms with E-state index in [1.807, 2.05) is 0 Å². The number of hydrogen-bond donors (Lipinski definition) is 0. The summed E-state index contributed by atoms with van der Waals surface area (Å²) in [6.45, 7) is 0. The minimum atomic E-state index is -4.70. The highest BCUT2D eigenvalue weighted by molar-refractivity contribution is 9.09. The molecule has 1 aromatic rings. The first kappa shape index (κ1) is 14.5. The van der Waals surface area contributed by atoms with Gasteiger partial charge in [-0.25, -0.2) is 0 Å². The number of Topliss-reactive ketones (excluding diaryl/α,β-unsaturated/α-hetero) is 1. The second-order valence-corrected chi connectivity index (χ2v) is 3.83. The SMILES string of the molecule is COc1cc(C#N)c(C(F)(F)F)cc1C(=O)CBr. The Hall–Kier alpha value is -1.55. The van der Waals surface area contributed by atoms with E-state index in [4.69, 9.17) is 10.00 Å². The average Bonchev–Trinajstić information content (AvgIpc) is 2.34. The molecule has 0 aromatic heterocycles. The minimum absolute atomic E-state index is 0.0519. The number of nitriles is 1. The standard InChI is InChI=1S/C11H7BrF3NO2/c1-18-10-2-6(5-16)8(11(13,14)15)3-7(10)9(17)4-12/h2-3H,4H2,1H3. The Morgan fingerprint density at radius 3 is 2.50 bits per heavy atom. The molecule has 3 nitrogen and oxygen atoms in total. The topological polar surface area (TPSA) is 50.1 Å². The number of carbonyl (C=O) groups is 1. The minimum Gasteiger partial charge on any atom is -0.496 e. The smallest absolute Gasteiger partial charge is 0.417 e. The molecule has 0 fully saturated rings. The van der Waals surface area contributed by atoms with Crippen LogP contribution >= 0.6 is 15.9 Å². The van der Waals surface area contributed by atoms with Crippen molar-refractivity contribution in [3.63, 3.8) is 0 Å². The molecule has 0 atom stereocenters. The van der Waals surface area contributed by atoms with Crippen molar-refractivity contribution in [2.75, 3.05) is 12.4 Å². The van der Waals surface area contributed by atoms with Gasteiger partial charge in [0.25, 0.3) is 0 Å². The lowest BCUT2D eigenvalue weighted by Crippen LogP contribution is -2.12. The monoisotopic (exact) mass is 321 g/mol. The summed E-state index contributed by atoms with van der Waals surface area (Å²) in [5.74, 6) is -0.606. The summed E-state index contributed by atoms with van der Waals surface area (Å²) in [7, 11) is 1.22. The van der Waals surface area contributed by atoms with Crippen molar-refractivity contribution >= 4 is 21.7 Å². The van der Waals surface area contributed by atoms with E-state index in [2.05, 4.69) is 15.9 Å². The lowest BCUT2D eigenvalue weighted by atomic mass is 10.0. The molecule has 18 heavy (non-hydrogen) atoms. The fourth-order valence-corrected chi connectivity index (χ4v) is 1.67. The lowest BCUT2D eigenvalue weighted by molar-refractivity contribution is -0.137. The van der Waals surface area contributed by atoms with E-state index in [1.165, 1.54) is 13.2 Å². The number of rotatable bonds is 3. The number of carbonyl (C=O) groups excluding carboxylic acids is 1. The summed E-state index contributed by atoms with van der Waals surface area (Å²) in [5.41, 5.74) is -1.93. The van der Waals surface area contributed by atoms with E-state index in [-0.39, 0.29) is 16.6 Å². The number of methoxy groups -OCH3 is 1. The first-order valence-corrected chi connectivity index (χ1v) is 5.75. The molecule has 0 unspecified atom stereocenters. The number of nitrogens with zero attached hydrogens (tertiary/aromatic N) is 1. The molecule has 0 radical (unpaired) electrons. The van der Waals surface area contributed by atoms with Gasteiger partial charge in [0.05, 0.1) is 35.2 Å². The Morgan fingerprint density at radius 1 is 1.50 bits per heavy atom. The molecule has 0 aliphatic rings. The van der Waals surface area contributed by atoms with Crippen LogP contribution in [0.1, 0.15) is 21.5 Å². The van der Waals surface area contributed by atoms with Crippen LogP contribution in [-0.4, -0.2) is 18.2 Å². The first-order valence-electron chi connectivity index (χ1n) is 4.63. The van der Waals surface area contributed by atoms with Crippen molar-refractivity contribution in [1.29, 1.82) is 5.26 Å². The second-order valence-electron chi connectivity index (χ2n) is 3.26. The van der Waals surface area contributed by atoms with Crippen LogP contribution in [0.25, 0.3) is 0 Å². The van der Waals surface area contributed by atoms with Crippen LogP contribution in [0, 0.1) is 11.3 Å². The van der Waals surface area contributed by atoms with Crippen LogP contribution in [-0.2, 0) is 6.18 Å². The number of halogens is 4. The highest BCUT2D eigenvalue weighted by atomic mass is 79.9. The fraction of sp³-hybridized carbons (Fsp3) is 0.273. The summed E-state index contributed by atoms with van der Waals surface area (Å²) >= 11 is 2.87. The van der Waals surface area contributed by atoms with Crippen molar-refractivity contribution < 1.29 is 22.7 Å². The van der Waals surface area contributed by atoms with E-state index in [9.17, 15) is 18.0 Å². The van der Waals surface area contributed by atoms with E-state index in [0.717, 1.165) is 6.07 Å². The van der Waals surface area contributed by atoms with Gasteiger partial charge in [-0.05, 0) is 12.1 Å². The van der Waals surface area contributed by atoms with Gasteiger partial charge in [-0.3, -0.25) is 4.79 Å². The largest absolute Gasteiger partial charge is 0.496 e. The van der Waals surface area contributed by atoms with Crippen LogP contribution in [0.4, 0.5) is 13.2 Å². The average molecular weight is 322 g/mol. The number of alkyl halides is 4. The molecular formula is C11H7BrF3NO2. The molecule has 0 heterocycles. The van der Waals surface area contributed by atoms with Gasteiger partial charge in [-0.2, -0.15) is 18.4 Å². The Bertz CT molecular complexity index is 520. The Kier molecular flexibility index (Phi) is 4.35. The number of hydrogen-bond acceptors (Lipinski definition) is 3. The second kappa shape index (κ2) is 5.40. The van der Waals surface area contributed by atoms with Crippen molar-refractivity contribution in [3.8, 4) is 11.8 Å². The lowest BCUT2D eigenvalue weighted by Gasteiger charge is -2.13. The van der Waals surface area contributed by atoms with Gasteiger partial charge in [0.15, 0.2) is 5.78 Å². The van der Waals surface area contributed by atoms with Gasteiger partial charge < -0.3 is 4.74 Å². The zero-order valence-electron chi connectivity index (χ0n) is 9.14.